The number of nitrogens with zero attached hydrogens (tertiary/aromatic N) is 3. The fourth-order valence-corrected chi connectivity index (χ4v) is 2.93. The third-order valence-electron chi connectivity index (χ3n) is 4.67. The molecule has 1 aromatic carbocycles. The predicted molar refractivity (Wildman–Crippen MR) is 136 cm³/mol. The highest BCUT2D eigenvalue weighted by Gasteiger charge is 2.02. The lowest BCUT2D eigenvalue weighted by Crippen LogP contribution is -2.37. The highest BCUT2D eigenvalue weighted by Crippen LogP contribution is 2.12. The molecule has 0 bridgehead atoms. The summed E-state index contributed by atoms with van der Waals surface area (Å²) in [6.45, 7) is 9.56. The number of pyridine rings is 1. The Bertz CT molecular complexity index is 736. The summed E-state index contributed by atoms with van der Waals surface area (Å²) >= 11 is 5.81. The van der Waals surface area contributed by atoms with Crippen molar-refractivity contribution in [3.63, 3.8) is 0 Å². The molecule has 0 atom stereocenters. The van der Waals surface area contributed by atoms with Crippen LogP contribution in [0.4, 0.5) is 0 Å². The van der Waals surface area contributed by atoms with Gasteiger partial charge >= 0.3 is 0 Å². The molecule has 30 heavy (non-hydrogen) atoms. The van der Waals surface area contributed by atoms with E-state index in [2.05, 4.69) is 51.5 Å². The van der Waals surface area contributed by atoms with Crippen LogP contribution in [0.25, 0.3) is 0 Å². The second-order valence-corrected chi connectivity index (χ2v) is 7.00. The number of hydrogen-bond donors (Lipinski definition) is 2. The minimum absolute atomic E-state index is 0. The van der Waals surface area contributed by atoms with Crippen LogP contribution in [0.5, 0.6) is 5.75 Å². The predicted octanol–water partition coefficient (Wildman–Crippen LogP) is 3.98. The van der Waals surface area contributed by atoms with Crippen molar-refractivity contribution in [1.29, 1.82) is 0 Å². The number of aromatic nitrogens is 1. The van der Waals surface area contributed by atoms with Crippen LogP contribution in [0.15, 0.2) is 47.6 Å². The molecule has 2 aromatic rings. The zero-order valence-electron chi connectivity index (χ0n) is 18.0. The number of rotatable bonds is 11. The van der Waals surface area contributed by atoms with Crippen LogP contribution in [-0.2, 0) is 13.0 Å². The van der Waals surface area contributed by atoms with Crippen LogP contribution in [-0.4, -0.2) is 55.7 Å². The Morgan fingerprint density at radius 3 is 2.37 bits per heavy atom. The molecule has 1 heterocycles. The topological polar surface area (TPSA) is 61.8 Å². The first-order valence-corrected chi connectivity index (χ1v) is 10.5. The molecule has 1 aromatic heterocycles. The summed E-state index contributed by atoms with van der Waals surface area (Å²) in [4.78, 5) is 10.7. The van der Waals surface area contributed by atoms with E-state index >= 15 is 0 Å². The van der Waals surface area contributed by atoms with E-state index in [1.165, 1.54) is 5.56 Å². The van der Waals surface area contributed by atoms with Crippen molar-refractivity contribution >= 4 is 41.5 Å². The molecule has 0 amide bonds. The van der Waals surface area contributed by atoms with E-state index in [4.69, 9.17) is 16.3 Å². The van der Waals surface area contributed by atoms with Crippen molar-refractivity contribution in [2.24, 2.45) is 4.99 Å². The highest BCUT2D eigenvalue weighted by atomic mass is 127. The largest absolute Gasteiger partial charge is 0.492 e. The fourth-order valence-electron chi connectivity index (χ4n) is 2.82. The number of halogens is 2. The van der Waals surface area contributed by atoms with Crippen LogP contribution < -0.4 is 15.4 Å². The Morgan fingerprint density at radius 2 is 1.77 bits per heavy atom. The number of aliphatic imine (C=N–C) groups is 1. The number of nitrogens with one attached hydrogen (secondary N) is 2. The van der Waals surface area contributed by atoms with E-state index in [1.54, 1.807) is 19.3 Å². The Hall–Kier alpha value is -1.58. The molecule has 8 heteroatoms. The maximum atomic E-state index is 5.83. The summed E-state index contributed by atoms with van der Waals surface area (Å²) in [5.74, 6) is 1.67. The fraction of sp³-hybridized carbons (Fsp3) is 0.455. The number of hydrogen-bond acceptors (Lipinski definition) is 4. The lowest BCUT2D eigenvalue weighted by atomic mass is 10.2. The third kappa shape index (κ3) is 9.95. The molecule has 0 aliphatic rings. The molecule has 166 valence electrons. The standard InChI is InChI=1S/C22H32ClN5O.HI/c1-4-28(5-2)14-15-29-20-9-6-18(7-10-20)17-27-22(24-3)25-13-12-19-8-11-21(23)26-16-19;/h6-11,16H,4-5,12-15,17H2,1-3H3,(H2,24,25,27);1H. The van der Waals surface area contributed by atoms with E-state index < -0.39 is 0 Å². The van der Waals surface area contributed by atoms with Gasteiger partial charge in [-0.3, -0.25) is 4.99 Å². The van der Waals surface area contributed by atoms with Crippen molar-refractivity contribution in [1.82, 2.24) is 20.5 Å². The van der Waals surface area contributed by atoms with Crippen molar-refractivity contribution in [2.45, 2.75) is 26.8 Å². The van der Waals surface area contributed by atoms with Crippen LogP contribution in [0.2, 0.25) is 5.15 Å². The molecule has 0 spiro atoms. The lowest BCUT2D eigenvalue weighted by Gasteiger charge is -2.18. The summed E-state index contributed by atoms with van der Waals surface area (Å²) in [7, 11) is 1.77. The lowest BCUT2D eigenvalue weighted by molar-refractivity contribution is 0.223. The van der Waals surface area contributed by atoms with Gasteiger partial charge in [0, 0.05) is 32.9 Å². The quantitative estimate of drug-likeness (QED) is 0.194. The smallest absolute Gasteiger partial charge is 0.191 e. The maximum Gasteiger partial charge on any atom is 0.191 e. The molecule has 6 nitrogen and oxygen atoms in total. The second kappa shape index (κ2) is 15.3. The molecule has 0 fully saturated rings. The van der Waals surface area contributed by atoms with Crippen molar-refractivity contribution in [3.05, 3.63) is 58.9 Å². The molecular weight excluding hydrogens is 513 g/mol. The van der Waals surface area contributed by atoms with Gasteiger partial charge in [-0.25, -0.2) is 4.98 Å². The minimum atomic E-state index is 0. The third-order valence-corrected chi connectivity index (χ3v) is 4.90. The van der Waals surface area contributed by atoms with Gasteiger partial charge in [0.25, 0.3) is 0 Å². The van der Waals surface area contributed by atoms with Gasteiger partial charge in [-0.1, -0.05) is 43.6 Å². The zero-order chi connectivity index (χ0) is 20.9. The molecule has 0 aliphatic heterocycles. The summed E-state index contributed by atoms with van der Waals surface area (Å²) in [5.41, 5.74) is 2.31. The second-order valence-electron chi connectivity index (χ2n) is 6.61. The van der Waals surface area contributed by atoms with Crippen LogP contribution in [0.3, 0.4) is 0 Å². The Kier molecular flexibility index (Phi) is 13.5. The molecule has 0 aliphatic carbocycles. The van der Waals surface area contributed by atoms with Crippen LogP contribution in [0, 0.1) is 0 Å². The van der Waals surface area contributed by atoms with Gasteiger partial charge in [-0.05, 0) is 48.8 Å². The molecule has 0 saturated carbocycles. The Labute approximate surface area is 202 Å². The highest BCUT2D eigenvalue weighted by molar-refractivity contribution is 14.0. The first-order chi connectivity index (χ1) is 14.1. The van der Waals surface area contributed by atoms with Gasteiger partial charge in [-0.15, -0.1) is 24.0 Å². The number of likely N-dealkylation sites (N-methyl/N-ethyl adjacent to an activating group) is 1. The SMILES string of the molecule is CCN(CC)CCOc1ccc(CNC(=NC)NCCc2ccc(Cl)nc2)cc1.I. The zero-order valence-corrected chi connectivity index (χ0v) is 21.1. The first-order valence-electron chi connectivity index (χ1n) is 10.1. The van der Waals surface area contributed by atoms with Gasteiger partial charge in [0.05, 0.1) is 0 Å². The molecule has 2 N–H and O–H groups in total. The van der Waals surface area contributed by atoms with Crippen LogP contribution in [0.1, 0.15) is 25.0 Å². The monoisotopic (exact) mass is 545 g/mol. The molecule has 0 radical (unpaired) electrons. The number of ether oxygens (including phenoxy) is 1. The van der Waals surface area contributed by atoms with Gasteiger partial charge in [0.15, 0.2) is 5.96 Å². The van der Waals surface area contributed by atoms with Gasteiger partial charge < -0.3 is 20.3 Å². The Morgan fingerprint density at radius 1 is 1.07 bits per heavy atom. The summed E-state index contributed by atoms with van der Waals surface area (Å²) < 4.78 is 5.83. The number of benzene rings is 1. The van der Waals surface area contributed by atoms with E-state index in [0.29, 0.717) is 18.3 Å². The normalized spacial score (nSPS) is 11.2. The molecular formula is C22H33ClIN5O. The van der Waals surface area contributed by atoms with Gasteiger partial charge in [-0.2, -0.15) is 0 Å². The van der Waals surface area contributed by atoms with Crippen LogP contribution >= 0.6 is 35.6 Å². The summed E-state index contributed by atoms with van der Waals surface area (Å²) in [6, 6.07) is 12.0. The molecule has 2 rings (SSSR count). The molecule has 0 unspecified atom stereocenters. The maximum absolute atomic E-state index is 5.83. The summed E-state index contributed by atoms with van der Waals surface area (Å²) in [5, 5.41) is 7.15. The van der Waals surface area contributed by atoms with E-state index in [0.717, 1.165) is 49.9 Å². The molecule has 0 saturated heterocycles. The van der Waals surface area contributed by atoms with Crippen molar-refractivity contribution in [2.75, 3.05) is 39.8 Å². The average molecular weight is 546 g/mol. The van der Waals surface area contributed by atoms with Gasteiger partial charge in [0.1, 0.15) is 17.5 Å². The number of guanidine groups is 1. The van der Waals surface area contributed by atoms with E-state index in [-0.39, 0.29) is 24.0 Å². The van der Waals surface area contributed by atoms with Crippen molar-refractivity contribution < 1.29 is 4.74 Å². The van der Waals surface area contributed by atoms with Crippen molar-refractivity contribution in [3.8, 4) is 5.75 Å². The summed E-state index contributed by atoms with van der Waals surface area (Å²) in [6.07, 6.45) is 2.65. The average Bonchev–Trinajstić information content (AvgIpc) is 2.76. The Balaban J connectivity index is 0.00000450. The van der Waals surface area contributed by atoms with E-state index in [9.17, 15) is 0 Å². The first kappa shape index (κ1) is 26.5. The van der Waals surface area contributed by atoms with E-state index in [1.807, 2.05) is 18.2 Å². The minimum Gasteiger partial charge on any atom is -0.492 e. The van der Waals surface area contributed by atoms with Gasteiger partial charge in [0.2, 0.25) is 0 Å².